The molecule has 3 aliphatic rings. The van der Waals surface area contributed by atoms with Crippen LogP contribution in [-0.4, -0.2) is 28.1 Å². The quantitative estimate of drug-likeness (QED) is 0.842. The number of carboxylic acid groups (broad SMARTS) is 1. The van der Waals surface area contributed by atoms with Crippen LogP contribution in [0.15, 0.2) is 6.07 Å². The van der Waals surface area contributed by atoms with Gasteiger partial charge in [0.25, 0.3) is 0 Å². The lowest BCUT2D eigenvalue weighted by Gasteiger charge is -2.66. The summed E-state index contributed by atoms with van der Waals surface area (Å²) in [4.78, 5) is 27.7. The average Bonchev–Trinajstić information content (AvgIpc) is 2.30. The van der Waals surface area contributed by atoms with E-state index in [-0.39, 0.29) is 33.8 Å². The summed E-state index contributed by atoms with van der Waals surface area (Å²) >= 11 is 12.1. The first-order chi connectivity index (χ1) is 10.7. The van der Waals surface area contributed by atoms with Crippen LogP contribution in [0.2, 0.25) is 10.0 Å². The van der Waals surface area contributed by atoms with Crippen LogP contribution in [0, 0.1) is 10.8 Å². The van der Waals surface area contributed by atoms with Crippen molar-refractivity contribution in [1.82, 2.24) is 4.98 Å². The molecule has 1 heterocycles. The van der Waals surface area contributed by atoms with E-state index in [1.807, 2.05) is 13.8 Å². The maximum atomic E-state index is 12.4. The molecule has 0 saturated heterocycles. The molecular formula is C15H16Cl2N2O4. The Bertz CT molecular complexity index is 685. The molecule has 0 atom stereocenters. The number of amides is 1. The maximum absolute atomic E-state index is 12.4. The molecule has 1 aromatic heterocycles. The first kappa shape index (κ1) is 16.3. The van der Waals surface area contributed by atoms with Crippen molar-refractivity contribution in [2.24, 2.45) is 10.8 Å². The number of anilines is 1. The second-order valence-electron chi connectivity index (χ2n) is 6.62. The predicted molar refractivity (Wildman–Crippen MR) is 85.0 cm³/mol. The number of hydrogen-bond acceptors (Lipinski definition) is 4. The molecule has 6 nitrogen and oxygen atoms in total. The number of aliphatic carboxylic acids is 1. The van der Waals surface area contributed by atoms with Crippen LogP contribution in [0.1, 0.15) is 33.1 Å². The third-order valence-corrected chi connectivity index (χ3v) is 5.00. The van der Waals surface area contributed by atoms with Gasteiger partial charge >= 0.3 is 5.97 Å². The topological polar surface area (TPSA) is 88.5 Å². The first-order valence-electron chi connectivity index (χ1n) is 7.25. The van der Waals surface area contributed by atoms with Crippen LogP contribution in [0.4, 0.5) is 5.82 Å². The Morgan fingerprint density at radius 1 is 1.26 bits per heavy atom. The zero-order valence-electron chi connectivity index (χ0n) is 12.7. The zero-order valence-corrected chi connectivity index (χ0v) is 14.2. The minimum atomic E-state index is -0.831. The van der Waals surface area contributed by atoms with Gasteiger partial charge < -0.3 is 15.2 Å². The number of carbonyl (C=O) groups excluding carboxylic acids is 1. The highest BCUT2D eigenvalue weighted by molar-refractivity contribution is 6.37. The lowest BCUT2D eigenvalue weighted by Crippen LogP contribution is -2.69. The van der Waals surface area contributed by atoms with Crippen molar-refractivity contribution in [1.29, 1.82) is 0 Å². The van der Waals surface area contributed by atoms with Crippen molar-refractivity contribution in [2.45, 2.75) is 39.2 Å². The van der Waals surface area contributed by atoms with E-state index in [2.05, 4.69) is 10.3 Å². The number of rotatable bonds is 5. The van der Waals surface area contributed by atoms with Crippen LogP contribution < -0.4 is 10.1 Å². The summed E-state index contributed by atoms with van der Waals surface area (Å²) in [6, 6.07) is 1.46. The molecule has 0 radical (unpaired) electrons. The van der Waals surface area contributed by atoms with Crippen molar-refractivity contribution >= 4 is 40.9 Å². The monoisotopic (exact) mass is 358 g/mol. The standard InChI is InChI=1S/C15H16Cl2N2O4/c1-7(2)23-11-9(17)3-8(16)10(18-11)19-12(20)14-4-15(5-14,6-14)13(21)22/h3,7H,4-6H2,1-2H3,(H,21,22)(H,18,19,20). The highest BCUT2D eigenvalue weighted by atomic mass is 35.5. The lowest BCUT2D eigenvalue weighted by atomic mass is 9.35. The highest BCUT2D eigenvalue weighted by Crippen LogP contribution is 2.73. The summed E-state index contributed by atoms with van der Waals surface area (Å²) in [6.07, 6.45) is 0.961. The van der Waals surface area contributed by atoms with Gasteiger partial charge in [0.1, 0.15) is 5.02 Å². The average molecular weight is 359 g/mol. The Balaban J connectivity index is 1.74. The molecule has 1 aromatic rings. The van der Waals surface area contributed by atoms with Gasteiger partial charge in [0, 0.05) is 0 Å². The molecule has 3 fully saturated rings. The molecule has 3 saturated carbocycles. The van der Waals surface area contributed by atoms with Crippen LogP contribution >= 0.6 is 23.2 Å². The van der Waals surface area contributed by atoms with Gasteiger partial charge in [-0.1, -0.05) is 23.2 Å². The van der Waals surface area contributed by atoms with E-state index in [0.29, 0.717) is 19.3 Å². The largest absolute Gasteiger partial charge is 0.481 e. The van der Waals surface area contributed by atoms with E-state index in [1.165, 1.54) is 6.07 Å². The van der Waals surface area contributed by atoms with E-state index in [0.717, 1.165) is 0 Å². The Labute approximate surface area is 143 Å². The Morgan fingerprint density at radius 3 is 2.39 bits per heavy atom. The Hall–Kier alpha value is -1.53. The molecule has 8 heteroatoms. The second-order valence-corrected chi connectivity index (χ2v) is 7.44. The van der Waals surface area contributed by atoms with Crippen molar-refractivity contribution in [3.63, 3.8) is 0 Å². The highest BCUT2D eigenvalue weighted by Gasteiger charge is 2.75. The number of hydrogen-bond donors (Lipinski definition) is 2. The van der Waals surface area contributed by atoms with Gasteiger partial charge in [-0.15, -0.1) is 0 Å². The van der Waals surface area contributed by atoms with Gasteiger partial charge in [-0.2, -0.15) is 4.98 Å². The summed E-state index contributed by atoms with van der Waals surface area (Å²) in [5.74, 6) is -0.720. The summed E-state index contributed by atoms with van der Waals surface area (Å²) < 4.78 is 5.47. The third kappa shape index (κ3) is 2.54. The van der Waals surface area contributed by atoms with E-state index in [1.54, 1.807) is 0 Å². The Kier molecular flexibility index (Phi) is 3.72. The molecule has 3 aliphatic carbocycles. The zero-order chi connectivity index (χ0) is 17.0. The number of nitrogens with one attached hydrogen (secondary N) is 1. The molecule has 2 N–H and O–H groups in total. The fourth-order valence-electron chi connectivity index (χ4n) is 3.34. The number of pyridine rings is 1. The molecule has 23 heavy (non-hydrogen) atoms. The third-order valence-electron chi connectivity index (χ3n) is 4.44. The second kappa shape index (κ2) is 5.24. The summed E-state index contributed by atoms with van der Waals surface area (Å²) in [5, 5.41) is 12.3. The normalized spacial score (nSPS) is 27.9. The number of ether oxygens (including phenoxy) is 1. The molecule has 2 bridgehead atoms. The first-order valence-corrected chi connectivity index (χ1v) is 8.01. The van der Waals surface area contributed by atoms with E-state index < -0.39 is 16.8 Å². The van der Waals surface area contributed by atoms with Crippen molar-refractivity contribution in [3.8, 4) is 5.88 Å². The number of carbonyl (C=O) groups is 2. The van der Waals surface area contributed by atoms with Crippen molar-refractivity contribution in [2.75, 3.05) is 5.32 Å². The van der Waals surface area contributed by atoms with E-state index >= 15 is 0 Å². The minimum Gasteiger partial charge on any atom is -0.481 e. The predicted octanol–water partition coefficient (Wildman–Crippen LogP) is 3.37. The van der Waals surface area contributed by atoms with Crippen molar-refractivity contribution < 1.29 is 19.4 Å². The molecule has 1 amide bonds. The SMILES string of the molecule is CC(C)Oc1nc(NC(=O)C23CC(C(=O)O)(C2)C3)c(Cl)cc1Cl. The number of aromatic nitrogens is 1. The molecule has 0 aromatic carbocycles. The number of halogens is 2. The van der Waals surface area contributed by atoms with Gasteiger partial charge in [-0.25, -0.2) is 0 Å². The summed E-state index contributed by atoms with van der Waals surface area (Å²) in [7, 11) is 0. The molecule has 0 unspecified atom stereocenters. The number of nitrogens with zero attached hydrogens (tertiary/aromatic N) is 1. The molecule has 0 spiro atoms. The molecule has 124 valence electrons. The molecule has 0 aliphatic heterocycles. The van der Waals surface area contributed by atoms with Gasteiger partial charge in [-0.3, -0.25) is 9.59 Å². The smallest absolute Gasteiger partial charge is 0.309 e. The van der Waals surface area contributed by atoms with Crippen LogP contribution in [0.3, 0.4) is 0 Å². The van der Waals surface area contributed by atoms with Crippen molar-refractivity contribution in [3.05, 3.63) is 16.1 Å². The molecular weight excluding hydrogens is 343 g/mol. The van der Waals surface area contributed by atoms with Gasteiger partial charge in [0.05, 0.1) is 22.0 Å². The summed E-state index contributed by atoms with van der Waals surface area (Å²) in [5.41, 5.74) is -1.32. The van der Waals surface area contributed by atoms with Crippen LogP contribution in [0.5, 0.6) is 5.88 Å². The molecule has 4 rings (SSSR count). The van der Waals surface area contributed by atoms with E-state index in [4.69, 9.17) is 33.0 Å². The lowest BCUT2D eigenvalue weighted by molar-refractivity contribution is -0.217. The summed E-state index contributed by atoms with van der Waals surface area (Å²) in [6.45, 7) is 3.66. The van der Waals surface area contributed by atoms with Gasteiger partial charge in [-0.05, 0) is 39.2 Å². The fraction of sp³-hybridized carbons (Fsp3) is 0.533. The van der Waals surface area contributed by atoms with Crippen LogP contribution in [-0.2, 0) is 9.59 Å². The van der Waals surface area contributed by atoms with Crippen LogP contribution in [0.25, 0.3) is 0 Å². The van der Waals surface area contributed by atoms with Gasteiger partial charge in [0.2, 0.25) is 11.8 Å². The fourth-order valence-corrected chi connectivity index (χ4v) is 3.79. The van der Waals surface area contributed by atoms with Gasteiger partial charge in [0.15, 0.2) is 5.82 Å². The number of carboxylic acids is 1. The minimum absolute atomic E-state index is 0.127. The van der Waals surface area contributed by atoms with E-state index in [9.17, 15) is 9.59 Å². The maximum Gasteiger partial charge on any atom is 0.309 e. The Morgan fingerprint density at radius 2 is 1.87 bits per heavy atom.